The van der Waals surface area contributed by atoms with Crippen molar-refractivity contribution >= 4 is 28.4 Å². The molecule has 0 amide bonds. The summed E-state index contributed by atoms with van der Waals surface area (Å²) in [5.41, 5.74) is 1.19. The number of carbonyl (C=O) groups is 1. The zero-order valence-electron chi connectivity index (χ0n) is 16.1. The lowest BCUT2D eigenvalue weighted by Gasteiger charge is -2.21. The molecule has 3 aromatic rings. The highest BCUT2D eigenvalue weighted by molar-refractivity contribution is 7.99. The molecule has 1 atom stereocenters. The highest BCUT2D eigenvalue weighted by Crippen LogP contribution is 2.27. The molecule has 0 aliphatic rings. The molecule has 0 aliphatic heterocycles. The van der Waals surface area contributed by atoms with Crippen LogP contribution >= 0.6 is 11.8 Å². The Hall–Kier alpha value is -2.40. The maximum Gasteiger partial charge on any atom is 0.262 e. The van der Waals surface area contributed by atoms with Crippen molar-refractivity contribution in [2.24, 2.45) is 5.41 Å². The van der Waals surface area contributed by atoms with Gasteiger partial charge in [-0.3, -0.25) is 14.2 Å². The number of Topliss-reactive ketones (excluding diaryl/α,β-unsaturated/α-hetero) is 1. The lowest BCUT2D eigenvalue weighted by Crippen LogP contribution is -2.28. The third-order valence-electron chi connectivity index (χ3n) is 4.61. The molecule has 2 aromatic carbocycles. The van der Waals surface area contributed by atoms with E-state index in [9.17, 15) is 9.59 Å². The van der Waals surface area contributed by atoms with E-state index in [-0.39, 0.29) is 23.1 Å². The number of carbonyl (C=O) groups excluding carboxylic acids is 1. The number of hydrogen-bond donors (Lipinski definition) is 0. The van der Waals surface area contributed by atoms with Crippen molar-refractivity contribution in [2.45, 2.75) is 38.9 Å². The lowest BCUT2D eigenvalue weighted by molar-refractivity contribution is -0.123. The molecule has 0 unspecified atom stereocenters. The monoisotopic (exact) mass is 380 g/mol. The van der Waals surface area contributed by atoms with Gasteiger partial charge in [-0.05, 0) is 24.6 Å². The molecule has 27 heavy (non-hydrogen) atoms. The van der Waals surface area contributed by atoms with E-state index in [1.165, 1.54) is 11.8 Å². The summed E-state index contributed by atoms with van der Waals surface area (Å²) in [5.74, 6) is 0.421. The molecule has 0 spiro atoms. The molecule has 5 heteroatoms. The van der Waals surface area contributed by atoms with Crippen molar-refractivity contribution < 1.29 is 4.79 Å². The Morgan fingerprint density at radius 3 is 2.37 bits per heavy atom. The highest BCUT2D eigenvalue weighted by Gasteiger charge is 2.23. The zero-order chi connectivity index (χ0) is 19.6. The fraction of sp³-hybridized carbons (Fsp3) is 0.318. The SMILES string of the molecule is C[C@@H](c1ccccc1)n1c(SCC(=O)C(C)(C)C)nc2ccccc2c1=O. The van der Waals surface area contributed by atoms with Gasteiger partial charge in [0.15, 0.2) is 5.16 Å². The van der Waals surface area contributed by atoms with Crippen LogP contribution in [0.2, 0.25) is 0 Å². The lowest BCUT2D eigenvalue weighted by atomic mass is 9.92. The van der Waals surface area contributed by atoms with Crippen LogP contribution in [-0.4, -0.2) is 21.1 Å². The van der Waals surface area contributed by atoms with Gasteiger partial charge in [-0.15, -0.1) is 0 Å². The van der Waals surface area contributed by atoms with Crippen LogP contribution in [-0.2, 0) is 4.79 Å². The van der Waals surface area contributed by atoms with Gasteiger partial charge in [0, 0.05) is 5.41 Å². The van der Waals surface area contributed by atoms with E-state index in [1.54, 1.807) is 10.6 Å². The van der Waals surface area contributed by atoms with Gasteiger partial charge in [0.1, 0.15) is 5.78 Å². The van der Waals surface area contributed by atoms with Gasteiger partial charge in [-0.1, -0.05) is 75.0 Å². The van der Waals surface area contributed by atoms with Crippen LogP contribution in [0.3, 0.4) is 0 Å². The second-order valence-electron chi connectivity index (χ2n) is 7.64. The maximum atomic E-state index is 13.2. The normalized spacial score (nSPS) is 12.9. The Morgan fingerprint density at radius 1 is 1.07 bits per heavy atom. The molecule has 140 valence electrons. The molecular weight excluding hydrogens is 356 g/mol. The number of para-hydroxylation sites is 1. The summed E-state index contributed by atoms with van der Waals surface area (Å²) in [7, 11) is 0. The van der Waals surface area contributed by atoms with Crippen LogP contribution in [0.25, 0.3) is 10.9 Å². The Bertz CT molecular complexity index is 1020. The average molecular weight is 381 g/mol. The summed E-state index contributed by atoms with van der Waals surface area (Å²) in [5, 5.41) is 1.17. The first-order valence-corrected chi connectivity index (χ1v) is 10.00. The fourth-order valence-corrected chi connectivity index (χ4v) is 4.03. The fourth-order valence-electron chi connectivity index (χ4n) is 2.80. The molecule has 0 N–H and O–H groups in total. The van der Waals surface area contributed by atoms with E-state index in [2.05, 4.69) is 0 Å². The average Bonchev–Trinajstić information content (AvgIpc) is 2.65. The number of ketones is 1. The first-order valence-electron chi connectivity index (χ1n) is 9.01. The van der Waals surface area contributed by atoms with Gasteiger partial charge in [-0.2, -0.15) is 0 Å². The number of rotatable bonds is 5. The Balaban J connectivity index is 2.10. The molecule has 4 nitrogen and oxygen atoms in total. The smallest absolute Gasteiger partial charge is 0.262 e. The summed E-state index contributed by atoms with van der Waals surface area (Å²) < 4.78 is 1.71. The second-order valence-corrected chi connectivity index (χ2v) is 8.58. The number of thioether (sulfide) groups is 1. The van der Waals surface area contributed by atoms with Gasteiger partial charge in [0.25, 0.3) is 5.56 Å². The number of benzene rings is 2. The third kappa shape index (κ3) is 4.14. The topological polar surface area (TPSA) is 52.0 Å². The summed E-state index contributed by atoms with van der Waals surface area (Å²) in [6.07, 6.45) is 0. The van der Waals surface area contributed by atoms with Crippen molar-refractivity contribution in [3.8, 4) is 0 Å². The molecule has 0 aliphatic carbocycles. The molecule has 3 rings (SSSR count). The van der Waals surface area contributed by atoms with E-state index in [1.807, 2.05) is 76.2 Å². The third-order valence-corrected chi connectivity index (χ3v) is 5.57. The van der Waals surface area contributed by atoms with Crippen molar-refractivity contribution in [1.82, 2.24) is 9.55 Å². The van der Waals surface area contributed by atoms with Gasteiger partial charge in [-0.25, -0.2) is 4.98 Å². The van der Waals surface area contributed by atoms with Crippen LogP contribution in [0.4, 0.5) is 0 Å². The van der Waals surface area contributed by atoms with Crippen LogP contribution in [0.15, 0.2) is 64.5 Å². The standard InChI is InChI=1S/C22H24N2O2S/c1-15(16-10-6-5-7-11-16)24-20(26)17-12-8-9-13-18(17)23-21(24)27-14-19(25)22(2,3)4/h5-13,15H,14H2,1-4H3/t15-/m0/s1. The Labute approximate surface area is 163 Å². The van der Waals surface area contributed by atoms with E-state index < -0.39 is 5.41 Å². The predicted molar refractivity (Wildman–Crippen MR) is 111 cm³/mol. The number of hydrogen-bond acceptors (Lipinski definition) is 4. The van der Waals surface area contributed by atoms with E-state index >= 15 is 0 Å². The summed E-state index contributed by atoms with van der Waals surface area (Å²) >= 11 is 1.34. The van der Waals surface area contributed by atoms with Gasteiger partial charge < -0.3 is 0 Å². The summed E-state index contributed by atoms with van der Waals surface area (Å²) in [6, 6.07) is 17.0. The van der Waals surface area contributed by atoms with Crippen LogP contribution in [0.1, 0.15) is 39.3 Å². The summed E-state index contributed by atoms with van der Waals surface area (Å²) in [6.45, 7) is 7.71. The predicted octanol–water partition coefficient (Wildman–Crippen LogP) is 4.71. The van der Waals surface area contributed by atoms with Crippen molar-refractivity contribution in [3.63, 3.8) is 0 Å². The minimum Gasteiger partial charge on any atom is -0.298 e. The number of aromatic nitrogens is 2. The minimum atomic E-state index is -0.417. The van der Waals surface area contributed by atoms with Crippen LogP contribution < -0.4 is 5.56 Å². The van der Waals surface area contributed by atoms with E-state index in [0.29, 0.717) is 16.1 Å². The molecule has 0 saturated heterocycles. The van der Waals surface area contributed by atoms with E-state index in [4.69, 9.17) is 4.98 Å². The number of nitrogens with zero attached hydrogens (tertiary/aromatic N) is 2. The van der Waals surface area contributed by atoms with E-state index in [0.717, 1.165) is 5.56 Å². The van der Waals surface area contributed by atoms with Gasteiger partial charge in [0.05, 0.1) is 22.7 Å². The molecule has 0 fully saturated rings. The summed E-state index contributed by atoms with van der Waals surface area (Å²) in [4.78, 5) is 30.3. The number of fused-ring (bicyclic) bond motifs is 1. The van der Waals surface area contributed by atoms with Crippen molar-refractivity contribution in [3.05, 3.63) is 70.5 Å². The van der Waals surface area contributed by atoms with Crippen molar-refractivity contribution in [2.75, 3.05) is 5.75 Å². The largest absolute Gasteiger partial charge is 0.298 e. The molecule has 1 aromatic heterocycles. The quantitative estimate of drug-likeness (QED) is 0.475. The molecular formula is C22H24N2O2S. The van der Waals surface area contributed by atoms with Crippen LogP contribution in [0, 0.1) is 5.41 Å². The van der Waals surface area contributed by atoms with Crippen LogP contribution in [0.5, 0.6) is 0 Å². The highest BCUT2D eigenvalue weighted by atomic mass is 32.2. The molecule has 0 bridgehead atoms. The molecule has 0 saturated carbocycles. The maximum absolute atomic E-state index is 13.2. The Kier molecular flexibility index (Phi) is 5.51. The molecule has 0 radical (unpaired) electrons. The first kappa shape index (κ1) is 19.4. The minimum absolute atomic E-state index is 0.0809. The Morgan fingerprint density at radius 2 is 1.70 bits per heavy atom. The first-order chi connectivity index (χ1) is 12.8. The molecule has 1 heterocycles. The van der Waals surface area contributed by atoms with Gasteiger partial charge in [0.2, 0.25) is 0 Å². The van der Waals surface area contributed by atoms with Gasteiger partial charge >= 0.3 is 0 Å². The second kappa shape index (κ2) is 7.69. The zero-order valence-corrected chi connectivity index (χ0v) is 16.9. The van der Waals surface area contributed by atoms with Crippen molar-refractivity contribution in [1.29, 1.82) is 0 Å².